The molecule has 1 aliphatic rings. The minimum atomic E-state index is -0.491. The number of non-ortho nitro benzene ring substituents is 1. The number of amides is 2. The molecule has 0 bridgehead atoms. The number of nitrogens with one attached hydrogen (secondary N) is 1. The molecule has 3 aromatic rings. The number of anilines is 2. The Balaban J connectivity index is 1.62. The molecule has 1 saturated carbocycles. The van der Waals surface area contributed by atoms with E-state index in [1.54, 1.807) is 4.90 Å². The van der Waals surface area contributed by atoms with E-state index in [2.05, 4.69) is 23.2 Å². The summed E-state index contributed by atoms with van der Waals surface area (Å²) in [6.07, 6.45) is 5.15. The first kappa shape index (κ1) is 31.5. The quantitative estimate of drug-likeness (QED) is 0.191. The number of carbonyl (C=O) groups is 2. The Hall–Kier alpha value is -4.44. The summed E-state index contributed by atoms with van der Waals surface area (Å²) in [7, 11) is 3.40. The van der Waals surface area contributed by atoms with Gasteiger partial charge in [-0.1, -0.05) is 37.6 Å². The minimum Gasteiger partial charge on any atom is -0.453 e. The number of hydrogen-bond donors (Lipinski definition) is 2. The second-order valence-electron chi connectivity index (χ2n) is 11.1. The van der Waals surface area contributed by atoms with Gasteiger partial charge in [0.1, 0.15) is 0 Å². The van der Waals surface area contributed by atoms with E-state index in [4.69, 9.17) is 10.5 Å². The second-order valence-corrected chi connectivity index (χ2v) is 11.1. The van der Waals surface area contributed by atoms with Crippen molar-refractivity contribution in [1.82, 2.24) is 4.90 Å². The Morgan fingerprint density at radius 2 is 1.72 bits per heavy atom. The number of rotatable bonds is 11. The molecule has 0 saturated heterocycles. The van der Waals surface area contributed by atoms with Crippen molar-refractivity contribution in [3.8, 4) is 11.1 Å². The molecular formula is C33H41N5O5. The summed E-state index contributed by atoms with van der Waals surface area (Å²) in [5, 5.41) is 14.1. The van der Waals surface area contributed by atoms with Gasteiger partial charge in [0.15, 0.2) is 0 Å². The number of nitrogens with two attached hydrogens (primary N) is 1. The molecule has 1 fully saturated rings. The average Bonchev–Trinajstić information content (AvgIpc) is 3.02. The maximum absolute atomic E-state index is 13.2. The largest absolute Gasteiger partial charge is 0.453 e. The molecule has 1 aliphatic carbocycles. The molecule has 0 radical (unpaired) electrons. The number of ether oxygens (including phenoxy) is 1. The average molecular weight is 588 g/mol. The highest BCUT2D eigenvalue weighted by Gasteiger charge is 2.28. The highest BCUT2D eigenvalue weighted by atomic mass is 16.6. The van der Waals surface area contributed by atoms with Gasteiger partial charge in [0.05, 0.1) is 23.4 Å². The zero-order valence-corrected chi connectivity index (χ0v) is 25.1. The van der Waals surface area contributed by atoms with Gasteiger partial charge < -0.3 is 25.6 Å². The standard InChI is InChI=1S/C33H41N5O5/c1-4-5-19-36(2)31-18-11-26(21-30(31)35-32(39)24-9-14-29(15-10-24)38(41)42)25-8-6-7-23(20-25)22-37(33(40)43-3)28-16-12-27(34)13-17-28/h6-11,14-15,18,20-21,27-28H,4-5,12-13,16-17,19,22,34H2,1-3H3,(H,35,39). The van der Waals surface area contributed by atoms with Crippen LogP contribution in [0.15, 0.2) is 66.7 Å². The number of nitro groups is 1. The van der Waals surface area contributed by atoms with Gasteiger partial charge in [0, 0.05) is 49.9 Å². The first-order valence-corrected chi connectivity index (χ1v) is 14.8. The lowest BCUT2D eigenvalue weighted by Gasteiger charge is -2.35. The maximum atomic E-state index is 13.2. The fraction of sp³-hybridized carbons (Fsp3) is 0.394. The van der Waals surface area contributed by atoms with Gasteiger partial charge in [0.2, 0.25) is 0 Å². The molecular weight excluding hydrogens is 546 g/mol. The van der Waals surface area contributed by atoms with Gasteiger partial charge in [-0.3, -0.25) is 14.9 Å². The van der Waals surface area contributed by atoms with Gasteiger partial charge >= 0.3 is 6.09 Å². The van der Waals surface area contributed by atoms with Crippen molar-refractivity contribution in [3.05, 3.63) is 88.0 Å². The Kier molecular flexibility index (Phi) is 10.7. The molecule has 10 heteroatoms. The zero-order chi connectivity index (χ0) is 30.9. The van der Waals surface area contributed by atoms with E-state index in [1.807, 2.05) is 43.4 Å². The van der Waals surface area contributed by atoms with Crippen LogP contribution in [0.25, 0.3) is 11.1 Å². The summed E-state index contributed by atoms with van der Waals surface area (Å²) >= 11 is 0. The van der Waals surface area contributed by atoms with Crippen LogP contribution < -0.4 is 16.0 Å². The number of methoxy groups -OCH3 is 1. The van der Waals surface area contributed by atoms with Crippen LogP contribution >= 0.6 is 0 Å². The molecule has 43 heavy (non-hydrogen) atoms. The summed E-state index contributed by atoms with van der Waals surface area (Å²) in [5.41, 5.74) is 10.7. The highest BCUT2D eigenvalue weighted by Crippen LogP contribution is 2.33. The summed E-state index contributed by atoms with van der Waals surface area (Å²) in [6.45, 7) is 3.37. The fourth-order valence-corrected chi connectivity index (χ4v) is 5.51. The van der Waals surface area contributed by atoms with Crippen LogP contribution in [-0.2, 0) is 11.3 Å². The molecule has 4 rings (SSSR count). The summed E-state index contributed by atoms with van der Waals surface area (Å²) < 4.78 is 5.13. The fourth-order valence-electron chi connectivity index (χ4n) is 5.51. The molecule has 0 spiro atoms. The summed E-state index contributed by atoms with van der Waals surface area (Å²) in [5.74, 6) is -0.355. The SMILES string of the molecule is CCCCN(C)c1ccc(-c2cccc(CN(C(=O)OC)C3CCC(N)CC3)c2)cc1NC(=O)c1ccc([N+](=O)[O-])cc1. The van der Waals surface area contributed by atoms with E-state index in [0.717, 1.165) is 67.4 Å². The normalized spacial score (nSPS) is 16.3. The Bertz CT molecular complexity index is 1420. The lowest BCUT2D eigenvalue weighted by Crippen LogP contribution is -2.43. The smallest absolute Gasteiger partial charge is 0.410 e. The van der Waals surface area contributed by atoms with Crippen LogP contribution in [0.1, 0.15) is 61.4 Å². The van der Waals surface area contributed by atoms with Gasteiger partial charge in [-0.2, -0.15) is 0 Å². The molecule has 3 N–H and O–H groups in total. The molecule has 0 aliphatic heterocycles. The second kappa shape index (κ2) is 14.6. The van der Waals surface area contributed by atoms with Crippen LogP contribution in [0.3, 0.4) is 0 Å². The van der Waals surface area contributed by atoms with Crippen LogP contribution in [-0.4, -0.2) is 54.6 Å². The lowest BCUT2D eigenvalue weighted by atomic mass is 9.90. The molecule has 3 aromatic carbocycles. The Morgan fingerprint density at radius 1 is 1.02 bits per heavy atom. The van der Waals surface area contributed by atoms with Crippen molar-refractivity contribution in [2.24, 2.45) is 5.73 Å². The van der Waals surface area contributed by atoms with Gasteiger partial charge in [-0.15, -0.1) is 0 Å². The number of hydrogen-bond acceptors (Lipinski definition) is 7. The van der Waals surface area contributed by atoms with Crippen LogP contribution in [0.2, 0.25) is 0 Å². The summed E-state index contributed by atoms with van der Waals surface area (Å²) in [6, 6.07) is 19.8. The van der Waals surface area contributed by atoms with E-state index in [-0.39, 0.29) is 29.8 Å². The van der Waals surface area contributed by atoms with E-state index >= 15 is 0 Å². The van der Waals surface area contributed by atoms with Gasteiger partial charge in [0.25, 0.3) is 11.6 Å². The number of benzene rings is 3. The van der Waals surface area contributed by atoms with Crippen molar-refractivity contribution in [2.75, 3.05) is 30.9 Å². The highest BCUT2D eigenvalue weighted by molar-refractivity contribution is 6.06. The summed E-state index contributed by atoms with van der Waals surface area (Å²) in [4.78, 5) is 40.4. The third-order valence-corrected chi connectivity index (χ3v) is 8.05. The van der Waals surface area contributed by atoms with E-state index in [0.29, 0.717) is 17.8 Å². The number of unbranched alkanes of at least 4 members (excludes halogenated alkanes) is 1. The van der Waals surface area contributed by atoms with E-state index in [1.165, 1.54) is 31.4 Å². The Morgan fingerprint density at radius 3 is 2.37 bits per heavy atom. The first-order valence-electron chi connectivity index (χ1n) is 14.8. The molecule has 10 nitrogen and oxygen atoms in total. The minimum absolute atomic E-state index is 0.0729. The van der Waals surface area contributed by atoms with Crippen LogP contribution in [0.5, 0.6) is 0 Å². The number of carbonyl (C=O) groups excluding carboxylic acids is 2. The monoisotopic (exact) mass is 587 g/mol. The predicted molar refractivity (Wildman–Crippen MR) is 169 cm³/mol. The third-order valence-electron chi connectivity index (χ3n) is 8.05. The van der Waals surface area contributed by atoms with E-state index in [9.17, 15) is 19.7 Å². The zero-order valence-electron chi connectivity index (χ0n) is 25.1. The molecule has 228 valence electrons. The number of nitrogens with zero attached hydrogens (tertiary/aromatic N) is 3. The first-order chi connectivity index (χ1) is 20.7. The third kappa shape index (κ3) is 8.10. The van der Waals surface area contributed by atoms with Crippen LogP contribution in [0.4, 0.5) is 21.9 Å². The topological polar surface area (TPSA) is 131 Å². The number of nitro benzene ring substituents is 1. The van der Waals surface area contributed by atoms with Crippen molar-refractivity contribution in [1.29, 1.82) is 0 Å². The van der Waals surface area contributed by atoms with Crippen molar-refractivity contribution >= 4 is 29.1 Å². The maximum Gasteiger partial charge on any atom is 0.410 e. The predicted octanol–water partition coefficient (Wildman–Crippen LogP) is 6.59. The molecule has 0 unspecified atom stereocenters. The Labute approximate surface area is 253 Å². The van der Waals surface area contributed by atoms with Crippen molar-refractivity contribution in [2.45, 2.75) is 64.1 Å². The van der Waals surface area contributed by atoms with Crippen LogP contribution in [0, 0.1) is 10.1 Å². The lowest BCUT2D eigenvalue weighted by molar-refractivity contribution is -0.384. The van der Waals surface area contributed by atoms with Crippen molar-refractivity contribution < 1.29 is 19.2 Å². The van der Waals surface area contributed by atoms with Gasteiger partial charge in [-0.05, 0) is 79.1 Å². The molecule has 2 amide bonds. The van der Waals surface area contributed by atoms with Crippen molar-refractivity contribution in [3.63, 3.8) is 0 Å². The molecule has 0 aromatic heterocycles. The van der Waals surface area contributed by atoms with Gasteiger partial charge in [-0.25, -0.2) is 4.79 Å². The molecule has 0 atom stereocenters. The van der Waals surface area contributed by atoms with E-state index < -0.39 is 4.92 Å². The molecule has 0 heterocycles.